The number of aliphatic hydroxyl groups is 1. The van der Waals surface area contributed by atoms with Crippen LogP contribution in [-0.2, 0) is 4.79 Å². The Bertz CT molecular complexity index is 505. The zero-order chi connectivity index (χ0) is 12.5. The van der Waals surface area contributed by atoms with Gasteiger partial charge in [-0.3, -0.25) is 0 Å². The number of hydrogen-bond donors (Lipinski definition) is 3. The van der Waals surface area contributed by atoms with Crippen molar-refractivity contribution in [3.05, 3.63) is 53.7 Å². The Hall–Kier alpha value is -2.07. The van der Waals surface area contributed by atoms with Gasteiger partial charge >= 0.3 is 5.97 Å². The van der Waals surface area contributed by atoms with Gasteiger partial charge in [0.2, 0.25) is 5.60 Å². The molecule has 0 heterocycles. The van der Waals surface area contributed by atoms with Crippen LogP contribution in [0.15, 0.2) is 48.2 Å². The molecule has 0 aliphatic heterocycles. The van der Waals surface area contributed by atoms with Gasteiger partial charge in [0.05, 0.1) is 5.70 Å². The van der Waals surface area contributed by atoms with E-state index in [1.165, 1.54) is 6.08 Å². The number of hydrogen-bond acceptors (Lipinski definition) is 3. The lowest BCUT2D eigenvalue weighted by molar-refractivity contribution is -0.154. The lowest BCUT2D eigenvalue weighted by Gasteiger charge is -2.28. The van der Waals surface area contributed by atoms with Crippen molar-refractivity contribution in [2.75, 3.05) is 0 Å². The quantitative estimate of drug-likeness (QED) is 0.712. The molecular formula is C13H13NO3. The van der Waals surface area contributed by atoms with Gasteiger partial charge in [-0.1, -0.05) is 36.4 Å². The molecule has 1 atom stereocenters. The molecule has 0 aromatic heterocycles. The van der Waals surface area contributed by atoms with Gasteiger partial charge < -0.3 is 15.9 Å². The summed E-state index contributed by atoms with van der Waals surface area (Å²) in [6.45, 7) is 0. The maximum absolute atomic E-state index is 11.1. The minimum atomic E-state index is -2.00. The number of carboxylic acids is 1. The van der Waals surface area contributed by atoms with Gasteiger partial charge in [-0.2, -0.15) is 0 Å². The van der Waals surface area contributed by atoms with Crippen molar-refractivity contribution in [2.45, 2.75) is 12.0 Å². The second kappa shape index (κ2) is 4.07. The lowest BCUT2D eigenvalue weighted by atomic mass is 9.84. The van der Waals surface area contributed by atoms with E-state index < -0.39 is 11.6 Å². The number of carboxylic acid groups (broad SMARTS) is 1. The summed E-state index contributed by atoms with van der Waals surface area (Å²) in [4.78, 5) is 11.1. The zero-order valence-electron chi connectivity index (χ0n) is 9.13. The second-order valence-corrected chi connectivity index (χ2v) is 4.02. The highest BCUT2D eigenvalue weighted by Crippen LogP contribution is 2.32. The van der Waals surface area contributed by atoms with E-state index in [-0.39, 0.29) is 12.1 Å². The number of benzene rings is 1. The van der Waals surface area contributed by atoms with Crippen molar-refractivity contribution in [2.24, 2.45) is 5.73 Å². The molecule has 4 heteroatoms. The van der Waals surface area contributed by atoms with Crippen LogP contribution in [0.4, 0.5) is 0 Å². The van der Waals surface area contributed by atoms with Crippen LogP contribution >= 0.6 is 0 Å². The van der Waals surface area contributed by atoms with Crippen LogP contribution < -0.4 is 5.73 Å². The molecule has 1 unspecified atom stereocenters. The Kier molecular flexibility index (Phi) is 2.73. The van der Waals surface area contributed by atoms with Crippen LogP contribution in [0.5, 0.6) is 0 Å². The summed E-state index contributed by atoms with van der Waals surface area (Å²) in [7, 11) is 0. The first-order valence-corrected chi connectivity index (χ1v) is 5.22. The van der Waals surface area contributed by atoms with Crippen LogP contribution in [0, 0.1) is 0 Å². The molecule has 0 spiro atoms. The Morgan fingerprint density at radius 3 is 2.47 bits per heavy atom. The van der Waals surface area contributed by atoms with Crippen LogP contribution in [-0.4, -0.2) is 21.8 Å². The molecule has 1 aromatic carbocycles. The van der Waals surface area contributed by atoms with Crippen molar-refractivity contribution in [1.29, 1.82) is 0 Å². The standard InChI is InChI=1S/C13H13NO3/c14-11-7-6-10(8-13(11,17)12(15)16)9-4-2-1-3-5-9/h1-7,17H,8,14H2,(H,15,16). The smallest absolute Gasteiger partial charge is 0.342 e. The van der Waals surface area contributed by atoms with E-state index in [4.69, 9.17) is 10.8 Å². The van der Waals surface area contributed by atoms with Crippen molar-refractivity contribution >= 4 is 11.5 Å². The van der Waals surface area contributed by atoms with Gasteiger partial charge in [-0.15, -0.1) is 0 Å². The van der Waals surface area contributed by atoms with Gasteiger partial charge in [0.1, 0.15) is 0 Å². The summed E-state index contributed by atoms with van der Waals surface area (Å²) < 4.78 is 0. The van der Waals surface area contributed by atoms with E-state index in [0.29, 0.717) is 0 Å². The molecule has 88 valence electrons. The Morgan fingerprint density at radius 1 is 1.24 bits per heavy atom. The average Bonchev–Trinajstić information content (AvgIpc) is 2.33. The third kappa shape index (κ3) is 1.94. The average molecular weight is 231 g/mol. The monoisotopic (exact) mass is 231 g/mol. The third-order valence-corrected chi connectivity index (χ3v) is 2.89. The second-order valence-electron chi connectivity index (χ2n) is 4.02. The number of rotatable bonds is 2. The number of carbonyl (C=O) groups is 1. The Labute approximate surface area is 98.7 Å². The van der Waals surface area contributed by atoms with Crippen molar-refractivity contribution in [3.63, 3.8) is 0 Å². The molecule has 4 N–H and O–H groups in total. The maximum Gasteiger partial charge on any atom is 0.342 e. The molecule has 1 aliphatic rings. The molecule has 0 radical (unpaired) electrons. The summed E-state index contributed by atoms with van der Waals surface area (Å²) in [5.74, 6) is -1.33. The molecule has 2 rings (SSSR count). The van der Waals surface area contributed by atoms with Crippen molar-refractivity contribution < 1.29 is 15.0 Å². The topological polar surface area (TPSA) is 83.5 Å². The van der Waals surface area contributed by atoms with E-state index >= 15 is 0 Å². The van der Waals surface area contributed by atoms with Gasteiger partial charge in [0.15, 0.2) is 0 Å². The fourth-order valence-corrected chi connectivity index (χ4v) is 1.81. The molecule has 4 nitrogen and oxygen atoms in total. The molecule has 1 aliphatic carbocycles. The van der Waals surface area contributed by atoms with E-state index in [9.17, 15) is 9.90 Å². The molecule has 17 heavy (non-hydrogen) atoms. The van der Waals surface area contributed by atoms with Gasteiger partial charge in [0.25, 0.3) is 0 Å². The fourth-order valence-electron chi connectivity index (χ4n) is 1.81. The first-order valence-electron chi connectivity index (χ1n) is 5.22. The summed E-state index contributed by atoms with van der Waals surface area (Å²) in [5, 5.41) is 19.0. The Morgan fingerprint density at radius 2 is 1.88 bits per heavy atom. The van der Waals surface area contributed by atoms with E-state index in [1.54, 1.807) is 6.08 Å². The van der Waals surface area contributed by atoms with Crippen molar-refractivity contribution in [1.82, 2.24) is 0 Å². The first-order chi connectivity index (χ1) is 8.04. The first kappa shape index (κ1) is 11.4. The number of nitrogens with two attached hydrogens (primary N) is 1. The molecule has 0 fully saturated rings. The summed E-state index contributed by atoms with van der Waals surface area (Å²) in [5.41, 5.74) is 5.14. The van der Waals surface area contributed by atoms with Crippen molar-refractivity contribution in [3.8, 4) is 0 Å². The highest BCUT2D eigenvalue weighted by Gasteiger charge is 2.41. The minimum Gasteiger partial charge on any atom is -0.479 e. The zero-order valence-corrected chi connectivity index (χ0v) is 9.13. The molecule has 0 saturated heterocycles. The van der Waals surface area contributed by atoms with Gasteiger partial charge in [-0.05, 0) is 17.2 Å². The SMILES string of the molecule is NC1=CC=C(c2ccccc2)CC1(O)C(=O)O. The van der Waals surface area contributed by atoms with Gasteiger partial charge in [0, 0.05) is 6.42 Å². The number of aliphatic carboxylic acids is 1. The molecule has 1 aromatic rings. The highest BCUT2D eigenvalue weighted by atomic mass is 16.4. The maximum atomic E-state index is 11.1. The summed E-state index contributed by atoms with van der Waals surface area (Å²) >= 11 is 0. The normalized spacial score (nSPS) is 23.8. The summed E-state index contributed by atoms with van der Waals surface area (Å²) in [6.07, 6.45) is 3.16. The predicted octanol–water partition coefficient (Wildman–Crippen LogP) is 1.13. The molecule has 0 bridgehead atoms. The fraction of sp³-hybridized carbons (Fsp3) is 0.154. The van der Waals surface area contributed by atoms with E-state index in [2.05, 4.69) is 0 Å². The molecule has 0 amide bonds. The van der Waals surface area contributed by atoms with Gasteiger partial charge in [-0.25, -0.2) is 4.79 Å². The minimum absolute atomic E-state index is 0.0192. The summed E-state index contributed by atoms with van der Waals surface area (Å²) in [6, 6.07) is 9.32. The third-order valence-electron chi connectivity index (χ3n) is 2.89. The Balaban J connectivity index is 2.39. The highest BCUT2D eigenvalue weighted by molar-refractivity contribution is 5.86. The number of allylic oxidation sites excluding steroid dienone is 2. The van der Waals surface area contributed by atoms with Crippen LogP contribution in [0.3, 0.4) is 0 Å². The molecular weight excluding hydrogens is 218 g/mol. The molecule has 0 saturated carbocycles. The lowest BCUT2D eigenvalue weighted by Crippen LogP contribution is -2.44. The predicted molar refractivity (Wildman–Crippen MR) is 63.9 cm³/mol. The van der Waals surface area contributed by atoms with E-state index in [0.717, 1.165) is 11.1 Å². The van der Waals surface area contributed by atoms with Crippen LogP contribution in [0.25, 0.3) is 5.57 Å². The van der Waals surface area contributed by atoms with Crippen LogP contribution in [0.1, 0.15) is 12.0 Å². The van der Waals surface area contributed by atoms with Crippen LogP contribution in [0.2, 0.25) is 0 Å². The largest absolute Gasteiger partial charge is 0.479 e. The van der Waals surface area contributed by atoms with E-state index in [1.807, 2.05) is 30.3 Å².